The average Bonchev–Trinajstić information content (AvgIpc) is 3.20. The molecule has 1 aliphatic carbocycles. The van der Waals surface area contributed by atoms with E-state index in [0.29, 0.717) is 23.0 Å². The van der Waals surface area contributed by atoms with Gasteiger partial charge in [-0.25, -0.2) is 0 Å². The van der Waals surface area contributed by atoms with Gasteiger partial charge in [0.1, 0.15) is 5.69 Å². The topological polar surface area (TPSA) is 89.9 Å². The predicted octanol–water partition coefficient (Wildman–Crippen LogP) is 4.36. The molecule has 7 nitrogen and oxygen atoms in total. The van der Waals surface area contributed by atoms with Crippen LogP contribution >= 0.6 is 11.8 Å². The number of likely N-dealkylation sites (tertiary alicyclic amines) is 1. The standard InChI is InChI=1S/C25H27F3N6OS/c1-33-22(20-8-5-17(14-30-20)21(29)35)31-32-23(33)36-12-2-10-34-11-9-24(15-34)13-19(24)16-3-6-18(7-4-16)25(26,27)28/h3-8,14,19H,2,9-13,15H2,1H3,(H2,29,35)/t19-,24+/m1/s1. The van der Waals surface area contributed by atoms with Gasteiger partial charge in [0.15, 0.2) is 11.0 Å². The van der Waals surface area contributed by atoms with Gasteiger partial charge in [0.25, 0.3) is 0 Å². The highest BCUT2D eigenvalue weighted by Crippen LogP contribution is 2.64. The summed E-state index contributed by atoms with van der Waals surface area (Å²) in [6.45, 7) is 3.02. The van der Waals surface area contributed by atoms with E-state index >= 15 is 0 Å². The largest absolute Gasteiger partial charge is 0.416 e. The molecule has 1 aromatic carbocycles. The van der Waals surface area contributed by atoms with Crippen LogP contribution < -0.4 is 5.73 Å². The fourth-order valence-corrected chi connectivity index (χ4v) is 5.97. The van der Waals surface area contributed by atoms with Crippen molar-refractivity contribution in [2.75, 3.05) is 25.4 Å². The number of pyridine rings is 1. The zero-order valence-electron chi connectivity index (χ0n) is 19.8. The molecule has 2 aromatic heterocycles. The summed E-state index contributed by atoms with van der Waals surface area (Å²) in [4.78, 5) is 18.0. The minimum Gasteiger partial charge on any atom is -0.366 e. The summed E-state index contributed by atoms with van der Waals surface area (Å²) >= 11 is 1.64. The van der Waals surface area contributed by atoms with E-state index in [0.717, 1.165) is 55.4 Å². The van der Waals surface area contributed by atoms with Crippen LogP contribution in [0.25, 0.3) is 11.5 Å². The number of alkyl halides is 3. The van der Waals surface area contributed by atoms with Gasteiger partial charge in [-0.05, 0) is 73.5 Å². The third-order valence-corrected chi connectivity index (χ3v) is 8.36. The van der Waals surface area contributed by atoms with Gasteiger partial charge in [-0.2, -0.15) is 13.2 Å². The number of aromatic nitrogens is 4. The summed E-state index contributed by atoms with van der Waals surface area (Å²) in [5, 5.41) is 9.32. The number of hydrogen-bond acceptors (Lipinski definition) is 6. The van der Waals surface area contributed by atoms with Gasteiger partial charge >= 0.3 is 6.18 Å². The van der Waals surface area contributed by atoms with E-state index in [4.69, 9.17) is 5.73 Å². The van der Waals surface area contributed by atoms with Gasteiger partial charge in [0, 0.05) is 25.5 Å². The van der Waals surface area contributed by atoms with Crippen LogP contribution in [0.5, 0.6) is 0 Å². The molecule has 2 atom stereocenters. The van der Waals surface area contributed by atoms with Crippen molar-refractivity contribution < 1.29 is 18.0 Å². The van der Waals surface area contributed by atoms with Crippen molar-refractivity contribution in [1.82, 2.24) is 24.6 Å². The summed E-state index contributed by atoms with van der Waals surface area (Å²) in [5.74, 6) is 1.36. The first-order chi connectivity index (χ1) is 17.2. The summed E-state index contributed by atoms with van der Waals surface area (Å²) in [6, 6.07) is 9.04. The molecule has 11 heteroatoms. The van der Waals surface area contributed by atoms with Crippen molar-refractivity contribution in [2.45, 2.75) is 36.5 Å². The second kappa shape index (κ2) is 9.51. The minimum absolute atomic E-state index is 0.225. The number of hydrogen-bond donors (Lipinski definition) is 1. The molecular formula is C25H27F3N6OS. The second-order valence-electron chi connectivity index (χ2n) is 9.63. The van der Waals surface area contributed by atoms with Crippen LogP contribution in [0.3, 0.4) is 0 Å². The molecule has 5 rings (SSSR count). The van der Waals surface area contributed by atoms with Crippen molar-refractivity contribution in [3.05, 3.63) is 59.3 Å². The Bertz CT molecular complexity index is 1240. The fourth-order valence-electron chi connectivity index (χ4n) is 5.14. The lowest BCUT2D eigenvalue weighted by atomic mass is 9.97. The van der Waals surface area contributed by atoms with Crippen LogP contribution in [0.2, 0.25) is 0 Å². The smallest absolute Gasteiger partial charge is 0.366 e. The van der Waals surface area contributed by atoms with Crippen LogP contribution in [-0.4, -0.2) is 55.9 Å². The molecule has 1 saturated carbocycles. The molecule has 190 valence electrons. The van der Waals surface area contributed by atoms with Crippen LogP contribution in [0.15, 0.2) is 47.8 Å². The van der Waals surface area contributed by atoms with Crippen LogP contribution in [0.4, 0.5) is 13.2 Å². The number of nitrogens with zero attached hydrogens (tertiary/aromatic N) is 5. The van der Waals surface area contributed by atoms with Crippen molar-refractivity contribution in [2.24, 2.45) is 18.2 Å². The maximum Gasteiger partial charge on any atom is 0.416 e. The number of benzene rings is 1. The zero-order valence-corrected chi connectivity index (χ0v) is 20.6. The summed E-state index contributed by atoms with van der Waals surface area (Å²) in [7, 11) is 1.89. The molecule has 3 aromatic rings. The Morgan fingerprint density at radius 3 is 2.64 bits per heavy atom. The van der Waals surface area contributed by atoms with Gasteiger partial charge in [0.2, 0.25) is 5.91 Å². The molecule has 2 aliphatic rings. The van der Waals surface area contributed by atoms with Gasteiger partial charge in [-0.1, -0.05) is 23.9 Å². The fraction of sp³-hybridized carbons (Fsp3) is 0.440. The Balaban J connectivity index is 1.09. The number of primary amides is 1. The van der Waals surface area contributed by atoms with Gasteiger partial charge < -0.3 is 15.2 Å². The highest BCUT2D eigenvalue weighted by atomic mass is 32.2. The molecule has 2 fully saturated rings. The van der Waals surface area contributed by atoms with E-state index in [1.165, 1.54) is 18.3 Å². The molecule has 1 amide bonds. The number of thioether (sulfide) groups is 1. The molecular weight excluding hydrogens is 489 g/mol. The van der Waals surface area contributed by atoms with Crippen molar-refractivity contribution in [3.8, 4) is 11.5 Å². The summed E-state index contributed by atoms with van der Waals surface area (Å²) in [6.07, 6.45) is 0.298. The normalized spacial score (nSPS) is 21.8. The van der Waals surface area contributed by atoms with E-state index in [1.807, 2.05) is 11.6 Å². The molecule has 0 radical (unpaired) electrons. The molecule has 36 heavy (non-hydrogen) atoms. The lowest BCUT2D eigenvalue weighted by Crippen LogP contribution is -2.23. The second-order valence-corrected chi connectivity index (χ2v) is 10.7. The van der Waals surface area contributed by atoms with E-state index < -0.39 is 17.6 Å². The summed E-state index contributed by atoms with van der Waals surface area (Å²) < 4.78 is 40.4. The highest BCUT2D eigenvalue weighted by Gasteiger charge is 2.57. The third kappa shape index (κ3) is 4.99. The number of nitrogens with two attached hydrogens (primary N) is 1. The van der Waals surface area contributed by atoms with E-state index in [-0.39, 0.29) is 5.41 Å². The van der Waals surface area contributed by atoms with Crippen molar-refractivity contribution >= 4 is 17.7 Å². The minimum atomic E-state index is -4.29. The molecule has 2 N–H and O–H groups in total. The van der Waals surface area contributed by atoms with Crippen LogP contribution in [-0.2, 0) is 13.2 Å². The predicted molar refractivity (Wildman–Crippen MR) is 130 cm³/mol. The Morgan fingerprint density at radius 1 is 1.19 bits per heavy atom. The van der Waals surface area contributed by atoms with Gasteiger partial charge in [-0.3, -0.25) is 9.78 Å². The third-order valence-electron chi connectivity index (χ3n) is 7.26. The molecule has 1 saturated heterocycles. The first kappa shape index (κ1) is 24.8. The maximum atomic E-state index is 12.8. The highest BCUT2D eigenvalue weighted by molar-refractivity contribution is 7.99. The van der Waals surface area contributed by atoms with Crippen LogP contribution in [0.1, 0.15) is 46.7 Å². The lowest BCUT2D eigenvalue weighted by molar-refractivity contribution is -0.137. The van der Waals surface area contributed by atoms with E-state index in [9.17, 15) is 18.0 Å². The SMILES string of the molecule is Cn1c(SCCCN2CC[C@]3(C[C@@H]3c3ccc(C(F)(F)F)cc3)C2)nnc1-c1ccc(C(N)=O)cn1. The van der Waals surface area contributed by atoms with Crippen molar-refractivity contribution in [1.29, 1.82) is 0 Å². The Kier molecular flexibility index (Phi) is 6.54. The quantitative estimate of drug-likeness (QED) is 0.354. The Hall–Kier alpha value is -2.92. The molecule has 1 aliphatic heterocycles. The van der Waals surface area contributed by atoms with E-state index in [2.05, 4.69) is 20.1 Å². The summed E-state index contributed by atoms with van der Waals surface area (Å²) in [5.41, 5.74) is 6.90. The number of carbonyl (C=O) groups is 1. The number of carbonyl (C=O) groups excluding carboxylic acids is 1. The Labute approximate surface area is 211 Å². The Morgan fingerprint density at radius 2 is 1.97 bits per heavy atom. The lowest BCUT2D eigenvalue weighted by Gasteiger charge is -2.16. The molecule has 3 heterocycles. The van der Waals surface area contributed by atoms with Crippen molar-refractivity contribution in [3.63, 3.8) is 0 Å². The first-order valence-corrected chi connectivity index (χ1v) is 12.8. The molecule has 0 bridgehead atoms. The molecule has 1 spiro atoms. The monoisotopic (exact) mass is 516 g/mol. The number of amides is 1. The maximum absolute atomic E-state index is 12.8. The van der Waals surface area contributed by atoms with Crippen LogP contribution in [0, 0.1) is 5.41 Å². The average molecular weight is 517 g/mol. The molecule has 0 unspecified atom stereocenters. The zero-order chi connectivity index (χ0) is 25.5. The van der Waals surface area contributed by atoms with Gasteiger partial charge in [0.05, 0.1) is 11.1 Å². The van der Waals surface area contributed by atoms with E-state index in [1.54, 1.807) is 36.0 Å². The number of rotatable bonds is 8. The first-order valence-electron chi connectivity index (χ1n) is 11.8. The number of halogens is 3. The van der Waals surface area contributed by atoms with Gasteiger partial charge in [-0.15, -0.1) is 10.2 Å².